The minimum Gasteiger partial charge on any atom is -0.508 e. The van der Waals surface area contributed by atoms with Gasteiger partial charge in [-0.05, 0) is 23.8 Å². The Labute approximate surface area is 171 Å². The van der Waals surface area contributed by atoms with Crippen LogP contribution < -0.4 is 10.2 Å². The smallest absolute Gasteiger partial charge is 0.220 e. The van der Waals surface area contributed by atoms with Crippen LogP contribution in [0.15, 0.2) is 48.5 Å². The molecule has 0 radical (unpaired) electrons. The molecule has 3 rings (SSSR count). The summed E-state index contributed by atoms with van der Waals surface area (Å²) in [7, 11) is 0. The number of carbonyl (C=O) groups is 1. The molecule has 1 amide bonds. The van der Waals surface area contributed by atoms with Crippen LogP contribution >= 0.6 is 11.6 Å². The summed E-state index contributed by atoms with van der Waals surface area (Å²) >= 11 is 6.14. The third kappa shape index (κ3) is 5.96. The highest BCUT2D eigenvalue weighted by molar-refractivity contribution is 6.30. The fraction of sp³-hybridized carbons (Fsp3) is 0.409. The van der Waals surface area contributed by atoms with E-state index in [1.807, 2.05) is 30.3 Å². The maximum atomic E-state index is 12.6. The first-order valence-electron chi connectivity index (χ1n) is 9.85. The molecule has 28 heavy (non-hydrogen) atoms. The van der Waals surface area contributed by atoms with Gasteiger partial charge in [-0.3, -0.25) is 4.79 Å². The number of ether oxygens (including phenoxy) is 1. The number of morpholine rings is 1. The lowest BCUT2D eigenvalue weighted by molar-refractivity contribution is -0.908. The van der Waals surface area contributed by atoms with Crippen molar-refractivity contribution in [1.82, 2.24) is 5.32 Å². The van der Waals surface area contributed by atoms with Crippen LogP contribution in [0.5, 0.6) is 5.75 Å². The van der Waals surface area contributed by atoms with E-state index in [4.69, 9.17) is 16.3 Å². The number of nitrogens with one attached hydrogen (secondary N) is 2. The molecule has 2 aromatic rings. The third-order valence-corrected chi connectivity index (χ3v) is 5.42. The molecule has 0 aromatic heterocycles. The van der Waals surface area contributed by atoms with Gasteiger partial charge in [0.15, 0.2) is 0 Å². The summed E-state index contributed by atoms with van der Waals surface area (Å²) in [6.45, 7) is 5.43. The zero-order valence-electron chi connectivity index (χ0n) is 16.0. The van der Waals surface area contributed by atoms with Crippen LogP contribution in [0, 0.1) is 0 Å². The molecule has 1 atom stereocenters. The Hall–Kier alpha value is -2.08. The van der Waals surface area contributed by atoms with Crippen LogP contribution in [0.25, 0.3) is 0 Å². The van der Waals surface area contributed by atoms with E-state index in [-0.39, 0.29) is 24.0 Å². The average Bonchev–Trinajstić information content (AvgIpc) is 2.73. The van der Waals surface area contributed by atoms with Crippen LogP contribution in [0.3, 0.4) is 0 Å². The van der Waals surface area contributed by atoms with Crippen molar-refractivity contribution in [3.8, 4) is 5.75 Å². The zero-order valence-corrected chi connectivity index (χ0v) is 16.8. The Morgan fingerprint density at radius 3 is 2.68 bits per heavy atom. The van der Waals surface area contributed by atoms with Crippen molar-refractivity contribution in [2.75, 3.05) is 39.4 Å². The molecule has 0 bridgehead atoms. The van der Waals surface area contributed by atoms with E-state index in [0.29, 0.717) is 17.1 Å². The maximum absolute atomic E-state index is 12.6. The van der Waals surface area contributed by atoms with Crippen molar-refractivity contribution in [3.63, 3.8) is 0 Å². The van der Waals surface area contributed by atoms with Crippen molar-refractivity contribution in [1.29, 1.82) is 0 Å². The summed E-state index contributed by atoms with van der Waals surface area (Å²) in [5, 5.41) is 13.9. The number of hydrogen-bond donors (Lipinski definition) is 3. The van der Waals surface area contributed by atoms with Crippen molar-refractivity contribution in [2.45, 2.75) is 18.8 Å². The summed E-state index contributed by atoms with van der Waals surface area (Å²) in [6, 6.07) is 14.7. The number of phenols is 1. The molecule has 1 aliphatic heterocycles. The van der Waals surface area contributed by atoms with Gasteiger partial charge in [-0.15, -0.1) is 0 Å². The maximum Gasteiger partial charge on any atom is 0.220 e. The van der Waals surface area contributed by atoms with E-state index >= 15 is 0 Å². The van der Waals surface area contributed by atoms with Crippen molar-refractivity contribution in [2.24, 2.45) is 0 Å². The molecule has 0 spiro atoms. The fourth-order valence-electron chi connectivity index (χ4n) is 3.63. The molecule has 0 unspecified atom stereocenters. The van der Waals surface area contributed by atoms with Gasteiger partial charge in [0.05, 0.1) is 19.8 Å². The first kappa shape index (κ1) is 20.6. The Kier molecular flexibility index (Phi) is 7.71. The van der Waals surface area contributed by atoms with Gasteiger partial charge in [-0.2, -0.15) is 0 Å². The number of quaternary nitrogens is 1. The second kappa shape index (κ2) is 10.5. The summed E-state index contributed by atoms with van der Waals surface area (Å²) in [4.78, 5) is 14.1. The van der Waals surface area contributed by atoms with E-state index in [9.17, 15) is 9.90 Å². The van der Waals surface area contributed by atoms with E-state index in [1.54, 1.807) is 18.2 Å². The van der Waals surface area contributed by atoms with Gasteiger partial charge in [0.1, 0.15) is 18.8 Å². The standard InChI is InChI=1S/C22H27ClN2O3/c23-18-7-8-21(26)20(15-18)19(17-5-2-1-3-6-17)16-22(27)24-9-4-10-25-11-13-28-14-12-25/h1-3,5-8,15,19,26H,4,9-14,16H2,(H,24,27)/p+1/t19-/m0/s1. The quantitative estimate of drug-likeness (QED) is 0.591. The second-order valence-corrected chi connectivity index (χ2v) is 7.62. The summed E-state index contributed by atoms with van der Waals surface area (Å²) in [6.07, 6.45) is 1.21. The van der Waals surface area contributed by atoms with Gasteiger partial charge in [-0.1, -0.05) is 41.9 Å². The molecular weight excluding hydrogens is 376 g/mol. The molecule has 6 heteroatoms. The number of benzene rings is 2. The largest absolute Gasteiger partial charge is 0.508 e. The summed E-state index contributed by atoms with van der Waals surface area (Å²) in [5.74, 6) is -0.114. The molecule has 0 saturated carbocycles. The normalized spacial score (nSPS) is 15.9. The lowest BCUT2D eigenvalue weighted by Gasteiger charge is -2.23. The van der Waals surface area contributed by atoms with E-state index in [0.717, 1.165) is 44.8 Å². The third-order valence-electron chi connectivity index (χ3n) is 5.19. The monoisotopic (exact) mass is 403 g/mol. The van der Waals surface area contributed by atoms with Crippen molar-refractivity contribution in [3.05, 3.63) is 64.7 Å². The highest BCUT2D eigenvalue weighted by Gasteiger charge is 2.21. The van der Waals surface area contributed by atoms with Gasteiger partial charge < -0.3 is 20.1 Å². The van der Waals surface area contributed by atoms with Gasteiger partial charge in [0.25, 0.3) is 0 Å². The van der Waals surface area contributed by atoms with Crippen LogP contribution in [-0.2, 0) is 9.53 Å². The van der Waals surface area contributed by atoms with Crippen LogP contribution in [0.4, 0.5) is 0 Å². The Morgan fingerprint density at radius 2 is 1.93 bits per heavy atom. The van der Waals surface area contributed by atoms with Crippen LogP contribution in [-0.4, -0.2) is 50.4 Å². The number of halogens is 1. The van der Waals surface area contributed by atoms with Crippen LogP contribution in [0.2, 0.25) is 5.02 Å². The molecule has 1 fully saturated rings. The molecule has 1 saturated heterocycles. The number of carbonyl (C=O) groups excluding carboxylic acids is 1. The van der Waals surface area contributed by atoms with Crippen molar-refractivity contribution >= 4 is 17.5 Å². The first-order chi connectivity index (χ1) is 13.6. The molecule has 3 N–H and O–H groups in total. The van der Waals surface area contributed by atoms with Gasteiger partial charge in [-0.25, -0.2) is 0 Å². The first-order valence-corrected chi connectivity index (χ1v) is 10.2. The SMILES string of the molecule is O=C(C[C@@H](c1ccccc1)c1cc(Cl)ccc1O)NCCC[NH+]1CCOCC1. The number of rotatable bonds is 8. The van der Waals surface area contributed by atoms with E-state index in [1.165, 1.54) is 4.90 Å². The Balaban J connectivity index is 1.59. The van der Waals surface area contributed by atoms with Gasteiger partial charge >= 0.3 is 0 Å². The Morgan fingerprint density at radius 1 is 1.18 bits per heavy atom. The van der Waals surface area contributed by atoms with E-state index in [2.05, 4.69) is 5.32 Å². The number of amides is 1. The van der Waals surface area contributed by atoms with Gasteiger partial charge in [0, 0.05) is 35.9 Å². The Bertz CT molecular complexity index is 764. The predicted octanol–water partition coefficient (Wildman–Crippen LogP) is 1.99. The van der Waals surface area contributed by atoms with Crippen LogP contribution in [0.1, 0.15) is 29.9 Å². The van der Waals surface area contributed by atoms with Gasteiger partial charge in [0.2, 0.25) is 5.91 Å². The molecule has 0 aliphatic carbocycles. The van der Waals surface area contributed by atoms with Crippen molar-refractivity contribution < 1.29 is 19.5 Å². The number of phenolic OH excluding ortho intramolecular Hbond substituents is 1. The predicted molar refractivity (Wildman–Crippen MR) is 110 cm³/mol. The number of aromatic hydroxyl groups is 1. The lowest BCUT2D eigenvalue weighted by Crippen LogP contribution is -3.14. The highest BCUT2D eigenvalue weighted by Crippen LogP contribution is 2.35. The summed E-state index contributed by atoms with van der Waals surface area (Å²) in [5.41, 5.74) is 1.65. The number of hydrogen-bond acceptors (Lipinski definition) is 3. The topological polar surface area (TPSA) is 63.0 Å². The molecule has 1 heterocycles. The lowest BCUT2D eigenvalue weighted by atomic mass is 9.87. The fourth-order valence-corrected chi connectivity index (χ4v) is 3.81. The summed E-state index contributed by atoms with van der Waals surface area (Å²) < 4.78 is 5.37. The molecule has 5 nitrogen and oxygen atoms in total. The average molecular weight is 404 g/mol. The minimum absolute atomic E-state index is 0.0230. The molecule has 2 aromatic carbocycles. The minimum atomic E-state index is -0.246. The highest BCUT2D eigenvalue weighted by atomic mass is 35.5. The zero-order chi connectivity index (χ0) is 19.8. The molecule has 1 aliphatic rings. The molecule has 150 valence electrons. The van der Waals surface area contributed by atoms with E-state index < -0.39 is 0 Å². The second-order valence-electron chi connectivity index (χ2n) is 7.19. The molecular formula is C22H28ClN2O3+.